The number of hydrogen-bond donors (Lipinski definition) is 1. The highest BCUT2D eigenvalue weighted by atomic mass is 16.2. The second-order valence-electron chi connectivity index (χ2n) is 4.48. The average Bonchev–Trinajstić information content (AvgIpc) is 2.19. The van der Waals surface area contributed by atoms with Crippen LogP contribution in [0.15, 0.2) is 12.3 Å². The number of rotatable bonds is 3. The molecule has 0 aliphatic rings. The molecular weight excluding hydrogens is 202 g/mol. The van der Waals surface area contributed by atoms with Gasteiger partial charge in [0.25, 0.3) is 5.91 Å². The van der Waals surface area contributed by atoms with Crippen molar-refractivity contribution in [2.45, 2.75) is 20.8 Å². The molecule has 0 aromatic carbocycles. The summed E-state index contributed by atoms with van der Waals surface area (Å²) < 4.78 is 0. The molecule has 0 aliphatic heterocycles. The third kappa shape index (κ3) is 2.95. The Labute approximate surface area is 96.5 Å². The van der Waals surface area contributed by atoms with Gasteiger partial charge in [0.1, 0.15) is 0 Å². The van der Waals surface area contributed by atoms with Gasteiger partial charge in [0.05, 0.1) is 23.1 Å². The van der Waals surface area contributed by atoms with E-state index < -0.39 is 0 Å². The Balaban J connectivity index is 2.91. The Bertz CT molecular complexity index is 388. The zero-order valence-corrected chi connectivity index (χ0v) is 10.3. The zero-order valence-electron chi connectivity index (χ0n) is 10.3. The number of nitrogen functional groups attached to an aromatic ring is 1. The van der Waals surface area contributed by atoms with E-state index in [1.54, 1.807) is 24.2 Å². The lowest BCUT2D eigenvalue weighted by atomic mass is 10.1. The highest BCUT2D eigenvalue weighted by molar-refractivity contribution is 5.95. The van der Waals surface area contributed by atoms with Crippen molar-refractivity contribution in [2.75, 3.05) is 19.3 Å². The van der Waals surface area contributed by atoms with Crippen molar-refractivity contribution in [3.63, 3.8) is 0 Å². The van der Waals surface area contributed by atoms with Gasteiger partial charge in [0.15, 0.2) is 0 Å². The molecule has 0 atom stereocenters. The van der Waals surface area contributed by atoms with Crippen LogP contribution in [0.25, 0.3) is 0 Å². The number of anilines is 1. The van der Waals surface area contributed by atoms with Crippen LogP contribution < -0.4 is 5.73 Å². The summed E-state index contributed by atoms with van der Waals surface area (Å²) >= 11 is 0. The molecule has 0 saturated carbocycles. The van der Waals surface area contributed by atoms with E-state index in [0.717, 1.165) is 12.2 Å². The largest absolute Gasteiger partial charge is 0.397 e. The first kappa shape index (κ1) is 12.5. The van der Waals surface area contributed by atoms with E-state index in [1.165, 1.54) is 0 Å². The molecular formula is C12H19N3O. The minimum absolute atomic E-state index is 0.0222. The van der Waals surface area contributed by atoms with Crippen molar-refractivity contribution in [3.05, 3.63) is 23.5 Å². The van der Waals surface area contributed by atoms with Gasteiger partial charge in [-0.2, -0.15) is 0 Å². The first-order valence-electron chi connectivity index (χ1n) is 5.39. The van der Waals surface area contributed by atoms with Crippen LogP contribution in [-0.2, 0) is 0 Å². The maximum Gasteiger partial charge on any atom is 0.255 e. The molecule has 88 valence electrons. The van der Waals surface area contributed by atoms with Crippen LogP contribution in [0.1, 0.15) is 29.9 Å². The molecule has 4 nitrogen and oxygen atoms in total. The highest BCUT2D eigenvalue weighted by Crippen LogP contribution is 2.12. The van der Waals surface area contributed by atoms with E-state index in [0.29, 0.717) is 17.2 Å². The van der Waals surface area contributed by atoms with Crippen molar-refractivity contribution in [1.29, 1.82) is 0 Å². The monoisotopic (exact) mass is 221 g/mol. The van der Waals surface area contributed by atoms with Gasteiger partial charge >= 0.3 is 0 Å². The SMILES string of the molecule is Cc1ncc(N)cc1C(=O)N(C)CC(C)C. The van der Waals surface area contributed by atoms with Gasteiger partial charge in [0, 0.05) is 13.6 Å². The van der Waals surface area contributed by atoms with Gasteiger partial charge in [-0.25, -0.2) is 0 Å². The molecule has 0 radical (unpaired) electrons. The summed E-state index contributed by atoms with van der Waals surface area (Å²) in [6.07, 6.45) is 1.56. The van der Waals surface area contributed by atoms with E-state index >= 15 is 0 Å². The molecule has 1 aromatic heterocycles. The number of aryl methyl sites for hydroxylation is 1. The average molecular weight is 221 g/mol. The molecule has 2 N–H and O–H groups in total. The minimum Gasteiger partial charge on any atom is -0.397 e. The summed E-state index contributed by atoms with van der Waals surface area (Å²) in [5.74, 6) is 0.425. The fourth-order valence-electron chi connectivity index (χ4n) is 1.60. The molecule has 0 unspecified atom stereocenters. The van der Waals surface area contributed by atoms with Gasteiger partial charge in [-0.1, -0.05) is 13.8 Å². The van der Waals surface area contributed by atoms with Crippen LogP contribution in [0.4, 0.5) is 5.69 Å². The molecule has 1 heterocycles. The predicted molar refractivity (Wildman–Crippen MR) is 65.2 cm³/mol. The number of nitrogens with zero attached hydrogens (tertiary/aromatic N) is 2. The Kier molecular flexibility index (Phi) is 3.88. The Morgan fingerprint density at radius 2 is 2.19 bits per heavy atom. The quantitative estimate of drug-likeness (QED) is 0.845. The number of amides is 1. The summed E-state index contributed by atoms with van der Waals surface area (Å²) in [5.41, 5.74) is 7.46. The first-order valence-corrected chi connectivity index (χ1v) is 5.39. The molecule has 1 rings (SSSR count). The zero-order chi connectivity index (χ0) is 12.3. The topological polar surface area (TPSA) is 59.2 Å². The lowest BCUT2D eigenvalue weighted by molar-refractivity contribution is 0.0778. The second kappa shape index (κ2) is 4.96. The third-order valence-corrected chi connectivity index (χ3v) is 2.32. The number of pyridine rings is 1. The van der Waals surface area contributed by atoms with Crippen molar-refractivity contribution in [3.8, 4) is 0 Å². The standard InChI is InChI=1S/C12H19N3O/c1-8(2)7-15(4)12(16)11-5-10(13)6-14-9(11)3/h5-6,8H,7,13H2,1-4H3. The van der Waals surface area contributed by atoms with E-state index in [4.69, 9.17) is 5.73 Å². The first-order chi connectivity index (χ1) is 7.41. The van der Waals surface area contributed by atoms with Gasteiger partial charge in [-0.3, -0.25) is 9.78 Å². The molecule has 4 heteroatoms. The minimum atomic E-state index is -0.0222. The lowest BCUT2D eigenvalue weighted by Gasteiger charge is -2.20. The Morgan fingerprint density at radius 3 is 2.75 bits per heavy atom. The molecule has 1 aromatic rings. The van der Waals surface area contributed by atoms with Crippen LogP contribution in [0, 0.1) is 12.8 Å². The van der Waals surface area contributed by atoms with Crippen LogP contribution in [-0.4, -0.2) is 29.4 Å². The van der Waals surface area contributed by atoms with Crippen molar-refractivity contribution < 1.29 is 4.79 Å². The molecule has 0 aliphatic carbocycles. The summed E-state index contributed by atoms with van der Waals surface area (Å²) in [5, 5.41) is 0. The lowest BCUT2D eigenvalue weighted by Crippen LogP contribution is -2.31. The summed E-state index contributed by atoms with van der Waals surface area (Å²) in [6, 6.07) is 1.68. The van der Waals surface area contributed by atoms with E-state index in [1.807, 2.05) is 6.92 Å². The molecule has 1 amide bonds. The normalized spacial score (nSPS) is 10.6. The van der Waals surface area contributed by atoms with E-state index in [-0.39, 0.29) is 5.91 Å². The molecule has 16 heavy (non-hydrogen) atoms. The Morgan fingerprint density at radius 1 is 1.56 bits per heavy atom. The maximum absolute atomic E-state index is 12.1. The van der Waals surface area contributed by atoms with Crippen LogP contribution in [0.3, 0.4) is 0 Å². The highest BCUT2D eigenvalue weighted by Gasteiger charge is 2.15. The number of hydrogen-bond acceptors (Lipinski definition) is 3. The van der Waals surface area contributed by atoms with Crippen molar-refractivity contribution in [1.82, 2.24) is 9.88 Å². The number of nitrogens with two attached hydrogens (primary N) is 1. The Hall–Kier alpha value is -1.58. The van der Waals surface area contributed by atoms with Gasteiger partial charge in [0.2, 0.25) is 0 Å². The van der Waals surface area contributed by atoms with Crippen LogP contribution in [0.2, 0.25) is 0 Å². The predicted octanol–water partition coefficient (Wildman–Crippen LogP) is 1.70. The molecule has 0 fully saturated rings. The van der Waals surface area contributed by atoms with Gasteiger partial charge in [-0.15, -0.1) is 0 Å². The van der Waals surface area contributed by atoms with Crippen LogP contribution in [0.5, 0.6) is 0 Å². The summed E-state index contributed by atoms with van der Waals surface area (Å²) in [6.45, 7) is 6.70. The second-order valence-corrected chi connectivity index (χ2v) is 4.48. The van der Waals surface area contributed by atoms with E-state index in [2.05, 4.69) is 18.8 Å². The molecule has 0 saturated heterocycles. The molecule has 0 bridgehead atoms. The van der Waals surface area contributed by atoms with Crippen molar-refractivity contribution in [2.24, 2.45) is 5.92 Å². The van der Waals surface area contributed by atoms with Gasteiger partial charge < -0.3 is 10.6 Å². The number of carbonyl (C=O) groups is 1. The summed E-state index contributed by atoms with van der Waals surface area (Å²) in [7, 11) is 1.80. The summed E-state index contributed by atoms with van der Waals surface area (Å²) in [4.78, 5) is 17.9. The smallest absolute Gasteiger partial charge is 0.255 e. The third-order valence-electron chi connectivity index (χ3n) is 2.32. The fourth-order valence-corrected chi connectivity index (χ4v) is 1.60. The fraction of sp³-hybridized carbons (Fsp3) is 0.500. The maximum atomic E-state index is 12.1. The molecule has 0 spiro atoms. The van der Waals surface area contributed by atoms with Gasteiger partial charge in [-0.05, 0) is 18.9 Å². The number of carbonyl (C=O) groups excluding carboxylic acids is 1. The number of aromatic nitrogens is 1. The van der Waals surface area contributed by atoms with E-state index in [9.17, 15) is 4.79 Å². The van der Waals surface area contributed by atoms with Crippen molar-refractivity contribution >= 4 is 11.6 Å². The van der Waals surface area contributed by atoms with Crippen LogP contribution >= 0.6 is 0 Å².